The molecule has 0 bridgehead atoms. The Morgan fingerprint density at radius 2 is 2.10 bits per heavy atom. The lowest BCUT2D eigenvalue weighted by Gasteiger charge is -2.33. The van der Waals surface area contributed by atoms with Gasteiger partial charge in [0.05, 0.1) is 19.6 Å². The number of nitrogens with zero attached hydrogens (tertiary/aromatic N) is 3. The Balaban J connectivity index is 1.70. The second kappa shape index (κ2) is 10.6. The number of hydrogen-bond acceptors (Lipinski definition) is 5. The number of carbonyl (C=O) groups excluding carboxylic acids is 1. The van der Waals surface area contributed by atoms with Gasteiger partial charge in [0.15, 0.2) is 5.96 Å². The molecule has 1 aromatic heterocycles. The van der Waals surface area contributed by atoms with Gasteiger partial charge in [0.1, 0.15) is 11.6 Å². The van der Waals surface area contributed by atoms with Gasteiger partial charge in [0.25, 0.3) is 0 Å². The Morgan fingerprint density at radius 3 is 2.80 bits per heavy atom. The number of benzene rings is 1. The first-order valence-electron chi connectivity index (χ1n) is 10.1. The minimum Gasteiger partial charge on any atom is -0.469 e. The smallest absolute Gasteiger partial charge is 0.308 e. The second-order valence-corrected chi connectivity index (χ2v) is 6.98. The van der Waals surface area contributed by atoms with Gasteiger partial charge >= 0.3 is 5.97 Å². The van der Waals surface area contributed by atoms with Crippen LogP contribution in [-0.2, 0) is 16.1 Å². The third kappa shape index (κ3) is 5.68. The number of methoxy groups -OCH3 is 1. The van der Waals surface area contributed by atoms with Crippen molar-refractivity contribution >= 4 is 11.9 Å². The molecule has 0 amide bonds. The normalized spacial score (nSPS) is 15.0. The molecule has 1 aromatic carbocycles. The molecule has 1 aliphatic rings. The van der Waals surface area contributed by atoms with Crippen LogP contribution in [0.4, 0.5) is 4.39 Å². The minimum atomic E-state index is -0.368. The number of halogens is 1. The number of esters is 1. The number of hydrogen-bond donors (Lipinski definition) is 1. The summed E-state index contributed by atoms with van der Waals surface area (Å²) in [6.45, 7) is 4.56. The van der Waals surface area contributed by atoms with Crippen molar-refractivity contribution in [3.05, 3.63) is 54.0 Å². The topological polar surface area (TPSA) is 76.1 Å². The lowest BCUT2D eigenvalue weighted by Crippen LogP contribution is -2.46. The van der Waals surface area contributed by atoms with E-state index in [0.29, 0.717) is 18.2 Å². The van der Waals surface area contributed by atoms with Crippen LogP contribution in [0.3, 0.4) is 0 Å². The van der Waals surface area contributed by atoms with E-state index in [1.54, 1.807) is 18.3 Å². The molecule has 2 aromatic rings. The fourth-order valence-corrected chi connectivity index (χ4v) is 3.36. The van der Waals surface area contributed by atoms with Crippen molar-refractivity contribution in [3.63, 3.8) is 0 Å². The first-order valence-corrected chi connectivity index (χ1v) is 10.1. The van der Waals surface area contributed by atoms with Crippen LogP contribution in [0.25, 0.3) is 0 Å². The minimum absolute atomic E-state index is 0.0567. The molecule has 1 N–H and O–H groups in total. The number of pyridine rings is 1. The van der Waals surface area contributed by atoms with Crippen LogP contribution in [0, 0.1) is 11.7 Å². The number of ether oxygens (including phenoxy) is 2. The van der Waals surface area contributed by atoms with Crippen LogP contribution in [0.15, 0.2) is 47.6 Å². The summed E-state index contributed by atoms with van der Waals surface area (Å²) in [6, 6.07) is 9.66. The summed E-state index contributed by atoms with van der Waals surface area (Å²) in [5, 5.41) is 3.31. The van der Waals surface area contributed by atoms with E-state index in [-0.39, 0.29) is 17.7 Å². The Kier molecular flexibility index (Phi) is 7.59. The van der Waals surface area contributed by atoms with Crippen LogP contribution in [0.1, 0.15) is 25.3 Å². The molecule has 0 saturated carbocycles. The third-order valence-corrected chi connectivity index (χ3v) is 4.92. The summed E-state index contributed by atoms with van der Waals surface area (Å²) < 4.78 is 24.1. The fourth-order valence-electron chi connectivity index (χ4n) is 3.36. The summed E-state index contributed by atoms with van der Waals surface area (Å²) in [5.74, 6) is 0.988. The maximum absolute atomic E-state index is 13.5. The Labute approximate surface area is 175 Å². The molecular formula is C22H27FN4O3. The zero-order valence-electron chi connectivity index (χ0n) is 17.3. The van der Waals surface area contributed by atoms with Gasteiger partial charge in [-0.1, -0.05) is 12.1 Å². The van der Waals surface area contributed by atoms with Crippen molar-refractivity contribution in [1.82, 2.24) is 15.2 Å². The van der Waals surface area contributed by atoms with Crippen LogP contribution in [-0.4, -0.2) is 48.6 Å². The Bertz CT molecular complexity index is 882. The molecule has 1 aliphatic heterocycles. The van der Waals surface area contributed by atoms with E-state index >= 15 is 0 Å². The summed E-state index contributed by atoms with van der Waals surface area (Å²) in [5.41, 5.74) is 0.793. The van der Waals surface area contributed by atoms with Crippen LogP contribution < -0.4 is 10.1 Å². The molecule has 3 rings (SSSR count). The van der Waals surface area contributed by atoms with Crippen LogP contribution in [0.5, 0.6) is 11.6 Å². The van der Waals surface area contributed by atoms with Crippen molar-refractivity contribution in [1.29, 1.82) is 0 Å². The monoisotopic (exact) mass is 414 g/mol. The van der Waals surface area contributed by atoms with E-state index in [2.05, 4.69) is 15.2 Å². The maximum Gasteiger partial charge on any atom is 0.308 e. The molecule has 7 nitrogen and oxygen atoms in total. The predicted octanol–water partition coefficient (Wildman–Crippen LogP) is 3.36. The largest absolute Gasteiger partial charge is 0.469 e. The Morgan fingerprint density at radius 1 is 1.30 bits per heavy atom. The highest BCUT2D eigenvalue weighted by molar-refractivity contribution is 5.80. The van der Waals surface area contributed by atoms with Gasteiger partial charge in [-0.25, -0.2) is 14.4 Å². The summed E-state index contributed by atoms with van der Waals surface area (Å²) >= 11 is 0. The van der Waals surface area contributed by atoms with E-state index < -0.39 is 0 Å². The molecule has 0 atom stereocenters. The number of guanidine groups is 1. The van der Waals surface area contributed by atoms with Crippen molar-refractivity contribution in [3.8, 4) is 11.6 Å². The number of aromatic nitrogens is 1. The van der Waals surface area contributed by atoms with Gasteiger partial charge in [-0.05, 0) is 38.0 Å². The van der Waals surface area contributed by atoms with E-state index in [1.165, 1.54) is 19.2 Å². The Hall–Kier alpha value is -3.16. The number of piperidine rings is 1. The van der Waals surface area contributed by atoms with Gasteiger partial charge in [-0.2, -0.15) is 0 Å². The molecule has 1 fully saturated rings. The van der Waals surface area contributed by atoms with Crippen molar-refractivity contribution in [2.24, 2.45) is 10.9 Å². The zero-order valence-corrected chi connectivity index (χ0v) is 17.3. The molecular weight excluding hydrogens is 387 g/mol. The van der Waals surface area contributed by atoms with E-state index in [1.807, 2.05) is 19.1 Å². The first-order chi connectivity index (χ1) is 14.6. The molecule has 2 heterocycles. The van der Waals surface area contributed by atoms with Crippen molar-refractivity contribution in [2.75, 3.05) is 26.7 Å². The molecule has 0 spiro atoms. The molecule has 0 radical (unpaired) electrons. The number of rotatable bonds is 6. The molecule has 1 saturated heterocycles. The average molecular weight is 414 g/mol. The third-order valence-electron chi connectivity index (χ3n) is 4.92. The predicted molar refractivity (Wildman–Crippen MR) is 112 cm³/mol. The van der Waals surface area contributed by atoms with E-state index in [0.717, 1.165) is 44.0 Å². The van der Waals surface area contributed by atoms with E-state index in [4.69, 9.17) is 14.5 Å². The maximum atomic E-state index is 13.5. The molecule has 160 valence electrons. The average Bonchev–Trinajstić information content (AvgIpc) is 2.77. The molecule has 0 aliphatic carbocycles. The van der Waals surface area contributed by atoms with Crippen molar-refractivity contribution in [2.45, 2.75) is 26.3 Å². The second-order valence-electron chi connectivity index (χ2n) is 6.98. The highest BCUT2D eigenvalue weighted by Gasteiger charge is 2.27. The highest BCUT2D eigenvalue weighted by Crippen LogP contribution is 2.24. The molecule has 0 unspecified atom stereocenters. The van der Waals surface area contributed by atoms with Gasteiger partial charge in [-0.15, -0.1) is 0 Å². The first kappa shape index (κ1) is 21.5. The highest BCUT2D eigenvalue weighted by atomic mass is 19.1. The summed E-state index contributed by atoms with van der Waals surface area (Å²) in [7, 11) is 1.43. The molecule has 8 heteroatoms. The number of likely N-dealkylation sites (tertiary alicyclic amines) is 1. The van der Waals surface area contributed by atoms with Crippen molar-refractivity contribution < 1.29 is 18.7 Å². The molecule has 30 heavy (non-hydrogen) atoms. The van der Waals surface area contributed by atoms with E-state index in [9.17, 15) is 9.18 Å². The van der Waals surface area contributed by atoms with Crippen LogP contribution in [0.2, 0.25) is 0 Å². The number of carbonyl (C=O) groups is 1. The van der Waals surface area contributed by atoms with Gasteiger partial charge < -0.3 is 19.7 Å². The number of nitrogens with one attached hydrogen (secondary N) is 1. The number of aliphatic imine (C=N–C) groups is 1. The summed E-state index contributed by atoms with van der Waals surface area (Å²) in [4.78, 5) is 22.9. The SMILES string of the molecule is CCNC(=NCc1cccnc1Oc1cccc(F)c1)N1CCC(C(=O)OC)CC1. The van der Waals surface area contributed by atoms with Gasteiger partial charge in [0.2, 0.25) is 5.88 Å². The van der Waals surface area contributed by atoms with Gasteiger partial charge in [-0.3, -0.25) is 4.79 Å². The standard InChI is InChI=1S/C22H27FN4O3/c1-3-24-22(27-12-9-16(10-13-27)21(28)29-2)26-15-17-6-5-11-25-20(17)30-19-8-4-7-18(23)14-19/h4-8,11,14,16H,3,9-10,12-13,15H2,1-2H3,(H,24,26). The fraction of sp³-hybridized carbons (Fsp3) is 0.409. The lowest BCUT2D eigenvalue weighted by atomic mass is 9.97. The van der Waals surface area contributed by atoms with Gasteiger partial charge in [0, 0.05) is 37.5 Å². The zero-order chi connectivity index (χ0) is 21.3. The lowest BCUT2D eigenvalue weighted by molar-refractivity contribution is -0.146. The summed E-state index contributed by atoms with van der Waals surface area (Å²) in [6.07, 6.45) is 3.10. The quantitative estimate of drug-likeness (QED) is 0.444. The van der Waals surface area contributed by atoms with Crippen LogP contribution >= 0.6 is 0 Å².